The predicted octanol–water partition coefficient (Wildman–Crippen LogP) is 4.85. The molecule has 29 heavy (non-hydrogen) atoms. The van der Waals surface area contributed by atoms with Gasteiger partial charge >= 0.3 is 0 Å². The number of ether oxygens (including phenoxy) is 1. The van der Waals surface area contributed by atoms with Gasteiger partial charge in [-0.05, 0) is 33.1 Å². The summed E-state index contributed by atoms with van der Waals surface area (Å²) >= 11 is 1.46. The molecule has 0 bridgehead atoms. The van der Waals surface area contributed by atoms with Crippen LogP contribution in [0.1, 0.15) is 81.7 Å². The van der Waals surface area contributed by atoms with Crippen molar-refractivity contribution < 1.29 is 14.3 Å². The highest BCUT2D eigenvalue weighted by atomic mass is 32.1. The average Bonchev–Trinajstić information content (AvgIpc) is 3.30. The van der Waals surface area contributed by atoms with Crippen molar-refractivity contribution >= 4 is 28.3 Å². The highest BCUT2D eigenvalue weighted by molar-refractivity contribution is 7.15. The zero-order chi connectivity index (χ0) is 21.1. The molecule has 0 aliphatic carbocycles. The van der Waals surface area contributed by atoms with Crippen LogP contribution in [0.2, 0.25) is 0 Å². The summed E-state index contributed by atoms with van der Waals surface area (Å²) in [5.74, 6) is -0.139. The van der Waals surface area contributed by atoms with Gasteiger partial charge in [0.05, 0.1) is 11.8 Å². The summed E-state index contributed by atoms with van der Waals surface area (Å²) in [7, 11) is 0. The molecule has 1 aliphatic heterocycles. The average molecular weight is 424 g/mol. The summed E-state index contributed by atoms with van der Waals surface area (Å²) in [4.78, 5) is 32.4. The Balaban J connectivity index is 1.81. The number of aryl methyl sites for hydroxylation is 2. The smallest absolute Gasteiger partial charge is 0.245 e. The first-order chi connectivity index (χ1) is 14.0. The number of carbonyl (C=O) groups is 2. The summed E-state index contributed by atoms with van der Waals surface area (Å²) in [5.41, 5.74) is 0.927. The maximum absolute atomic E-state index is 12.8. The second-order valence-electron chi connectivity index (χ2n) is 7.99. The lowest BCUT2D eigenvalue weighted by Crippen LogP contribution is -2.42. The van der Waals surface area contributed by atoms with Crippen molar-refractivity contribution in [3.05, 3.63) is 10.6 Å². The Labute approximate surface area is 179 Å². The van der Waals surface area contributed by atoms with Crippen LogP contribution in [-0.4, -0.2) is 47.5 Å². The molecule has 0 saturated carbocycles. The Morgan fingerprint density at radius 3 is 2.52 bits per heavy atom. The number of amides is 2. The third-order valence-electron chi connectivity index (χ3n) is 5.40. The molecule has 7 heteroatoms. The van der Waals surface area contributed by atoms with Crippen LogP contribution in [-0.2, 0) is 14.3 Å². The van der Waals surface area contributed by atoms with Crippen molar-refractivity contribution in [1.82, 2.24) is 9.88 Å². The van der Waals surface area contributed by atoms with Crippen molar-refractivity contribution in [3.8, 4) is 0 Å². The fourth-order valence-corrected chi connectivity index (χ4v) is 4.37. The third kappa shape index (κ3) is 8.83. The molecule has 2 amide bonds. The summed E-state index contributed by atoms with van der Waals surface area (Å²) in [6.07, 6.45) is 10.7. The lowest BCUT2D eigenvalue weighted by molar-refractivity contribution is -0.136. The Bertz CT molecular complexity index is 622. The van der Waals surface area contributed by atoms with E-state index in [2.05, 4.69) is 17.2 Å². The van der Waals surface area contributed by atoms with E-state index in [9.17, 15) is 9.59 Å². The Hall–Kier alpha value is -1.47. The van der Waals surface area contributed by atoms with Gasteiger partial charge < -0.3 is 15.0 Å². The third-order valence-corrected chi connectivity index (χ3v) is 6.39. The molecule has 1 unspecified atom stereocenters. The standard InChI is InChI=1S/C22H37N3O3S/c1-4-5-6-7-8-9-10-13-21(27)25(15-19-12-11-14-28-19)16-20(26)24-22-23-17(2)18(3)29-22/h19H,4-16H2,1-3H3,(H,23,24,26). The number of hydrogen-bond acceptors (Lipinski definition) is 5. The van der Waals surface area contributed by atoms with Gasteiger partial charge in [-0.25, -0.2) is 4.98 Å². The van der Waals surface area contributed by atoms with Crippen LogP contribution in [0.15, 0.2) is 0 Å². The van der Waals surface area contributed by atoms with E-state index in [4.69, 9.17) is 4.74 Å². The van der Waals surface area contributed by atoms with Crippen molar-refractivity contribution in [2.75, 3.05) is 25.0 Å². The largest absolute Gasteiger partial charge is 0.376 e. The minimum absolute atomic E-state index is 0.0464. The van der Waals surface area contributed by atoms with Gasteiger partial charge in [-0.1, -0.05) is 45.4 Å². The number of nitrogens with zero attached hydrogens (tertiary/aromatic N) is 2. The van der Waals surface area contributed by atoms with E-state index in [-0.39, 0.29) is 24.5 Å². The Morgan fingerprint density at radius 2 is 1.90 bits per heavy atom. The van der Waals surface area contributed by atoms with Crippen LogP contribution in [0.25, 0.3) is 0 Å². The second-order valence-corrected chi connectivity index (χ2v) is 9.19. The Morgan fingerprint density at radius 1 is 1.17 bits per heavy atom. The molecule has 1 saturated heterocycles. The van der Waals surface area contributed by atoms with E-state index in [1.54, 1.807) is 4.90 Å². The van der Waals surface area contributed by atoms with Crippen molar-refractivity contribution in [2.45, 2.75) is 91.1 Å². The highest BCUT2D eigenvalue weighted by Crippen LogP contribution is 2.21. The van der Waals surface area contributed by atoms with E-state index in [0.717, 1.165) is 42.9 Å². The van der Waals surface area contributed by atoms with Gasteiger partial charge in [-0.3, -0.25) is 9.59 Å². The number of unbranched alkanes of at least 4 members (excludes halogenated alkanes) is 6. The predicted molar refractivity (Wildman–Crippen MR) is 118 cm³/mol. The van der Waals surface area contributed by atoms with E-state index < -0.39 is 0 Å². The topological polar surface area (TPSA) is 71.5 Å². The molecule has 6 nitrogen and oxygen atoms in total. The molecule has 1 aromatic rings. The van der Waals surface area contributed by atoms with Crippen LogP contribution in [0.5, 0.6) is 0 Å². The molecule has 1 aliphatic rings. The van der Waals surface area contributed by atoms with Gasteiger partial charge in [-0.15, -0.1) is 11.3 Å². The number of aromatic nitrogens is 1. The van der Waals surface area contributed by atoms with Crippen molar-refractivity contribution in [3.63, 3.8) is 0 Å². The zero-order valence-electron chi connectivity index (χ0n) is 18.3. The fraction of sp³-hybridized carbons (Fsp3) is 0.773. The van der Waals surface area contributed by atoms with Crippen LogP contribution in [0, 0.1) is 13.8 Å². The van der Waals surface area contributed by atoms with Gasteiger partial charge in [0.2, 0.25) is 11.8 Å². The zero-order valence-corrected chi connectivity index (χ0v) is 19.1. The van der Waals surface area contributed by atoms with Crippen LogP contribution in [0.4, 0.5) is 5.13 Å². The summed E-state index contributed by atoms with van der Waals surface area (Å²) in [6, 6.07) is 0. The number of thiazole rings is 1. The van der Waals surface area contributed by atoms with Gasteiger partial charge in [0.15, 0.2) is 5.13 Å². The molecule has 1 N–H and O–H groups in total. The minimum Gasteiger partial charge on any atom is -0.376 e. The van der Waals surface area contributed by atoms with Crippen LogP contribution < -0.4 is 5.32 Å². The maximum atomic E-state index is 12.8. The fourth-order valence-electron chi connectivity index (χ4n) is 3.54. The number of rotatable bonds is 13. The maximum Gasteiger partial charge on any atom is 0.245 e. The monoisotopic (exact) mass is 423 g/mol. The minimum atomic E-state index is -0.190. The lowest BCUT2D eigenvalue weighted by Gasteiger charge is -2.25. The molecular formula is C22H37N3O3S. The van der Waals surface area contributed by atoms with Crippen LogP contribution in [0.3, 0.4) is 0 Å². The molecule has 1 fully saturated rings. The van der Waals surface area contributed by atoms with Crippen molar-refractivity contribution in [1.29, 1.82) is 0 Å². The highest BCUT2D eigenvalue weighted by Gasteiger charge is 2.24. The molecule has 0 spiro atoms. The van der Waals surface area contributed by atoms with Gasteiger partial charge in [0.25, 0.3) is 0 Å². The second kappa shape index (κ2) is 13.0. The molecule has 0 aromatic carbocycles. The lowest BCUT2D eigenvalue weighted by atomic mass is 10.1. The Kier molecular flexibility index (Phi) is 10.6. The molecule has 1 atom stereocenters. The van der Waals surface area contributed by atoms with Crippen molar-refractivity contribution in [2.24, 2.45) is 0 Å². The van der Waals surface area contributed by atoms with E-state index in [1.165, 1.54) is 43.4 Å². The molecule has 1 aromatic heterocycles. The van der Waals surface area contributed by atoms with E-state index in [1.807, 2.05) is 13.8 Å². The SMILES string of the molecule is CCCCCCCCCC(=O)N(CC(=O)Nc1nc(C)c(C)s1)CC1CCCO1. The first-order valence-electron chi connectivity index (χ1n) is 11.1. The summed E-state index contributed by atoms with van der Waals surface area (Å²) in [6.45, 7) is 7.43. The molecule has 2 heterocycles. The molecular weight excluding hydrogens is 386 g/mol. The van der Waals surface area contributed by atoms with Gasteiger partial charge in [0.1, 0.15) is 6.54 Å². The molecule has 2 rings (SSSR count). The van der Waals surface area contributed by atoms with E-state index in [0.29, 0.717) is 18.1 Å². The first-order valence-corrected chi connectivity index (χ1v) is 11.9. The quantitative estimate of drug-likeness (QED) is 0.461. The normalized spacial score (nSPS) is 16.2. The van der Waals surface area contributed by atoms with Gasteiger partial charge in [0, 0.05) is 24.4 Å². The number of anilines is 1. The number of nitrogens with one attached hydrogen (secondary N) is 1. The number of hydrogen-bond donors (Lipinski definition) is 1. The number of carbonyl (C=O) groups excluding carboxylic acids is 2. The first kappa shape index (κ1) is 23.8. The summed E-state index contributed by atoms with van der Waals surface area (Å²) < 4.78 is 5.70. The molecule has 0 radical (unpaired) electrons. The molecule has 164 valence electrons. The van der Waals surface area contributed by atoms with E-state index >= 15 is 0 Å². The summed E-state index contributed by atoms with van der Waals surface area (Å²) in [5, 5.41) is 3.44. The van der Waals surface area contributed by atoms with Crippen LogP contribution >= 0.6 is 11.3 Å². The van der Waals surface area contributed by atoms with Gasteiger partial charge in [-0.2, -0.15) is 0 Å².